The number of hydrogen-bond acceptors (Lipinski definition) is 3. The number of nitrogens with one attached hydrogen (secondary N) is 1. The summed E-state index contributed by atoms with van der Waals surface area (Å²) in [5.74, 6) is -1.20. The number of carbonyl (C=O) groups is 2. The maximum Gasteiger partial charge on any atom is 0.317 e. The molecule has 0 spiro atoms. The molecular weight excluding hydrogens is 258 g/mol. The summed E-state index contributed by atoms with van der Waals surface area (Å²) in [6.07, 6.45) is 4.99. The van der Waals surface area contributed by atoms with Gasteiger partial charge in [-0.05, 0) is 51.7 Å². The Balaban J connectivity index is 1.62. The summed E-state index contributed by atoms with van der Waals surface area (Å²) in [6, 6.07) is -0.114. The molecule has 2 fully saturated rings. The molecule has 2 saturated heterocycles. The first-order valence-corrected chi connectivity index (χ1v) is 7.65. The second-order valence-corrected chi connectivity index (χ2v) is 5.76. The number of carbonyl (C=O) groups excluding carboxylic acids is 1. The van der Waals surface area contributed by atoms with Crippen LogP contribution < -0.4 is 5.32 Å². The van der Waals surface area contributed by atoms with E-state index in [0.29, 0.717) is 26.1 Å². The van der Waals surface area contributed by atoms with E-state index in [1.807, 2.05) is 0 Å². The van der Waals surface area contributed by atoms with Gasteiger partial charge < -0.3 is 20.2 Å². The standard InChI is InChI=1S/C14H25N3O3/c18-13(19)12-5-3-10-17(11-12)14(20)15-6-4-9-16-7-1-2-8-16/h12H,1-11H2,(H,15,20)(H,18,19). The summed E-state index contributed by atoms with van der Waals surface area (Å²) in [6.45, 7) is 5.08. The maximum atomic E-state index is 12.0. The summed E-state index contributed by atoms with van der Waals surface area (Å²) >= 11 is 0. The van der Waals surface area contributed by atoms with Gasteiger partial charge in [0.05, 0.1) is 5.92 Å². The molecule has 0 aromatic carbocycles. The van der Waals surface area contributed by atoms with E-state index in [1.165, 1.54) is 25.9 Å². The zero-order valence-corrected chi connectivity index (χ0v) is 12.0. The molecule has 2 amide bonds. The minimum atomic E-state index is -0.795. The highest BCUT2D eigenvalue weighted by Crippen LogP contribution is 2.16. The quantitative estimate of drug-likeness (QED) is 0.738. The highest BCUT2D eigenvalue weighted by Gasteiger charge is 2.27. The summed E-state index contributed by atoms with van der Waals surface area (Å²) in [5.41, 5.74) is 0. The Labute approximate surface area is 120 Å². The Hall–Kier alpha value is -1.30. The van der Waals surface area contributed by atoms with Gasteiger partial charge in [0.2, 0.25) is 0 Å². The zero-order valence-electron chi connectivity index (χ0n) is 12.0. The van der Waals surface area contributed by atoms with E-state index in [1.54, 1.807) is 4.90 Å². The minimum Gasteiger partial charge on any atom is -0.481 e. The van der Waals surface area contributed by atoms with Crippen molar-refractivity contribution in [1.82, 2.24) is 15.1 Å². The summed E-state index contributed by atoms with van der Waals surface area (Å²) in [4.78, 5) is 27.0. The van der Waals surface area contributed by atoms with Gasteiger partial charge in [-0.3, -0.25) is 4.79 Å². The van der Waals surface area contributed by atoms with E-state index in [0.717, 1.165) is 19.4 Å². The van der Waals surface area contributed by atoms with Crippen molar-refractivity contribution in [3.8, 4) is 0 Å². The fourth-order valence-electron chi connectivity index (χ4n) is 2.98. The lowest BCUT2D eigenvalue weighted by atomic mass is 9.99. The van der Waals surface area contributed by atoms with Gasteiger partial charge in [0.15, 0.2) is 0 Å². The van der Waals surface area contributed by atoms with Crippen molar-refractivity contribution in [3.63, 3.8) is 0 Å². The Morgan fingerprint density at radius 1 is 1.15 bits per heavy atom. The van der Waals surface area contributed by atoms with Crippen molar-refractivity contribution in [3.05, 3.63) is 0 Å². The van der Waals surface area contributed by atoms with Crippen LogP contribution in [0.4, 0.5) is 4.79 Å². The topological polar surface area (TPSA) is 72.9 Å². The first kappa shape index (κ1) is 15.1. The number of carboxylic acid groups (broad SMARTS) is 1. The highest BCUT2D eigenvalue weighted by atomic mass is 16.4. The van der Waals surface area contributed by atoms with Gasteiger partial charge in [0.25, 0.3) is 0 Å². The third-order valence-corrected chi connectivity index (χ3v) is 4.18. The molecule has 2 aliphatic rings. The minimum absolute atomic E-state index is 0.114. The molecule has 0 saturated carbocycles. The van der Waals surface area contributed by atoms with Crippen LogP contribution in [-0.2, 0) is 4.79 Å². The first-order valence-electron chi connectivity index (χ1n) is 7.65. The largest absolute Gasteiger partial charge is 0.481 e. The van der Waals surface area contributed by atoms with E-state index in [2.05, 4.69) is 10.2 Å². The zero-order chi connectivity index (χ0) is 14.4. The summed E-state index contributed by atoms with van der Waals surface area (Å²) in [7, 11) is 0. The smallest absolute Gasteiger partial charge is 0.317 e. The number of aliphatic carboxylic acids is 1. The number of rotatable bonds is 5. The van der Waals surface area contributed by atoms with Crippen LogP contribution in [0.5, 0.6) is 0 Å². The van der Waals surface area contributed by atoms with E-state index in [9.17, 15) is 9.59 Å². The Morgan fingerprint density at radius 2 is 1.90 bits per heavy atom. The average molecular weight is 283 g/mol. The molecule has 1 unspecified atom stereocenters. The van der Waals surface area contributed by atoms with Crippen molar-refractivity contribution in [1.29, 1.82) is 0 Å². The second-order valence-electron chi connectivity index (χ2n) is 5.76. The number of amides is 2. The van der Waals surface area contributed by atoms with Crippen LogP contribution in [0.25, 0.3) is 0 Å². The second kappa shape index (κ2) is 7.47. The van der Waals surface area contributed by atoms with Gasteiger partial charge in [0, 0.05) is 19.6 Å². The molecule has 2 N–H and O–H groups in total. The van der Waals surface area contributed by atoms with E-state index in [4.69, 9.17) is 5.11 Å². The SMILES string of the molecule is O=C(O)C1CCCN(C(=O)NCCCN2CCCC2)C1. The van der Waals surface area contributed by atoms with Gasteiger partial charge in [0.1, 0.15) is 0 Å². The Morgan fingerprint density at radius 3 is 2.60 bits per heavy atom. The molecule has 0 aromatic rings. The number of piperidine rings is 1. The predicted molar refractivity (Wildman–Crippen MR) is 75.6 cm³/mol. The normalized spacial score (nSPS) is 23.8. The van der Waals surface area contributed by atoms with Gasteiger partial charge in [-0.15, -0.1) is 0 Å². The van der Waals surface area contributed by atoms with Gasteiger partial charge >= 0.3 is 12.0 Å². The predicted octanol–water partition coefficient (Wildman–Crippen LogP) is 0.978. The third-order valence-electron chi connectivity index (χ3n) is 4.18. The van der Waals surface area contributed by atoms with Crippen LogP contribution in [0.15, 0.2) is 0 Å². The van der Waals surface area contributed by atoms with Crippen molar-refractivity contribution >= 4 is 12.0 Å². The molecule has 0 bridgehead atoms. The van der Waals surface area contributed by atoms with Gasteiger partial charge in [-0.2, -0.15) is 0 Å². The highest BCUT2D eigenvalue weighted by molar-refractivity contribution is 5.76. The lowest BCUT2D eigenvalue weighted by molar-refractivity contribution is -0.143. The van der Waals surface area contributed by atoms with Crippen molar-refractivity contribution in [2.75, 3.05) is 39.3 Å². The number of hydrogen-bond donors (Lipinski definition) is 2. The van der Waals surface area contributed by atoms with Crippen molar-refractivity contribution in [2.24, 2.45) is 5.92 Å². The monoisotopic (exact) mass is 283 g/mol. The number of carboxylic acids is 1. The fraction of sp³-hybridized carbons (Fsp3) is 0.857. The molecule has 20 heavy (non-hydrogen) atoms. The molecule has 6 heteroatoms. The van der Waals surface area contributed by atoms with Crippen LogP contribution in [0.1, 0.15) is 32.1 Å². The molecular formula is C14H25N3O3. The van der Waals surface area contributed by atoms with E-state index >= 15 is 0 Å². The van der Waals surface area contributed by atoms with E-state index < -0.39 is 11.9 Å². The number of urea groups is 1. The Bertz CT molecular complexity index is 343. The number of likely N-dealkylation sites (tertiary alicyclic amines) is 2. The molecule has 6 nitrogen and oxygen atoms in total. The average Bonchev–Trinajstić information content (AvgIpc) is 2.96. The van der Waals surface area contributed by atoms with Gasteiger partial charge in [-0.1, -0.05) is 0 Å². The molecule has 2 rings (SSSR count). The Kier molecular flexibility index (Phi) is 5.64. The number of nitrogens with zero attached hydrogens (tertiary/aromatic N) is 2. The molecule has 2 aliphatic heterocycles. The van der Waals surface area contributed by atoms with Crippen LogP contribution in [-0.4, -0.2) is 66.2 Å². The molecule has 0 aliphatic carbocycles. The lowest BCUT2D eigenvalue weighted by Crippen LogP contribution is -2.47. The molecule has 1 atom stereocenters. The van der Waals surface area contributed by atoms with E-state index in [-0.39, 0.29) is 6.03 Å². The van der Waals surface area contributed by atoms with Crippen LogP contribution >= 0.6 is 0 Å². The van der Waals surface area contributed by atoms with Crippen LogP contribution in [0.2, 0.25) is 0 Å². The molecule has 0 aromatic heterocycles. The van der Waals surface area contributed by atoms with Gasteiger partial charge in [-0.25, -0.2) is 4.79 Å². The first-order chi connectivity index (χ1) is 9.66. The third kappa shape index (κ3) is 4.37. The molecule has 0 radical (unpaired) electrons. The summed E-state index contributed by atoms with van der Waals surface area (Å²) in [5, 5.41) is 11.9. The van der Waals surface area contributed by atoms with Crippen molar-refractivity contribution in [2.45, 2.75) is 32.1 Å². The fourth-order valence-corrected chi connectivity index (χ4v) is 2.98. The van der Waals surface area contributed by atoms with Crippen LogP contribution in [0.3, 0.4) is 0 Å². The van der Waals surface area contributed by atoms with Crippen molar-refractivity contribution < 1.29 is 14.7 Å². The molecule has 2 heterocycles. The maximum absolute atomic E-state index is 12.0. The summed E-state index contributed by atoms with van der Waals surface area (Å²) < 4.78 is 0. The molecule has 114 valence electrons. The lowest BCUT2D eigenvalue weighted by Gasteiger charge is -2.30. The van der Waals surface area contributed by atoms with Crippen LogP contribution in [0, 0.1) is 5.92 Å².